The average molecular weight is 350 g/mol. The molecule has 0 fully saturated rings. The Labute approximate surface area is 121 Å². The minimum atomic E-state index is -3.83. The van der Waals surface area contributed by atoms with Crippen molar-refractivity contribution >= 4 is 31.9 Å². The summed E-state index contributed by atoms with van der Waals surface area (Å²) in [6.45, 7) is 3.51. The first kappa shape index (κ1) is 16.1. The molecule has 1 aromatic rings. The van der Waals surface area contributed by atoms with Gasteiger partial charge < -0.3 is 5.11 Å². The monoisotopic (exact) mass is 349 g/mol. The van der Waals surface area contributed by atoms with Gasteiger partial charge in [-0.2, -0.15) is 4.72 Å². The number of halogens is 1. The van der Waals surface area contributed by atoms with Crippen molar-refractivity contribution in [1.82, 2.24) is 4.72 Å². The van der Waals surface area contributed by atoms with E-state index in [1.54, 1.807) is 19.1 Å². The second-order valence-corrected chi connectivity index (χ2v) is 6.91. The van der Waals surface area contributed by atoms with Crippen LogP contribution < -0.4 is 4.72 Å². The molecule has 0 amide bonds. The highest BCUT2D eigenvalue weighted by Gasteiger charge is 2.29. The fourth-order valence-corrected chi connectivity index (χ4v) is 3.06. The average Bonchev–Trinajstić information content (AvgIpc) is 2.35. The molecule has 0 bridgehead atoms. The third-order valence-corrected chi connectivity index (χ3v) is 4.87. The Kier molecular flexibility index (Phi) is 5.51. The van der Waals surface area contributed by atoms with Crippen molar-refractivity contribution < 1.29 is 18.3 Å². The van der Waals surface area contributed by atoms with E-state index in [0.717, 1.165) is 4.47 Å². The van der Waals surface area contributed by atoms with Crippen molar-refractivity contribution in [2.24, 2.45) is 5.92 Å². The molecule has 106 valence electrons. The van der Waals surface area contributed by atoms with E-state index in [-0.39, 0.29) is 10.8 Å². The molecule has 7 heteroatoms. The van der Waals surface area contributed by atoms with Gasteiger partial charge in [-0.05, 0) is 30.2 Å². The first-order valence-electron chi connectivity index (χ1n) is 5.78. The lowest BCUT2D eigenvalue weighted by Crippen LogP contribution is -2.44. The zero-order valence-electron chi connectivity index (χ0n) is 10.6. The van der Waals surface area contributed by atoms with Gasteiger partial charge in [0.05, 0.1) is 4.90 Å². The van der Waals surface area contributed by atoms with Crippen molar-refractivity contribution in [3.05, 3.63) is 28.7 Å². The Balaban J connectivity index is 3.00. The third kappa shape index (κ3) is 4.29. The minimum Gasteiger partial charge on any atom is -0.480 e. The Morgan fingerprint density at radius 2 is 1.89 bits per heavy atom. The van der Waals surface area contributed by atoms with Gasteiger partial charge >= 0.3 is 5.97 Å². The van der Waals surface area contributed by atoms with E-state index >= 15 is 0 Å². The van der Waals surface area contributed by atoms with Crippen molar-refractivity contribution in [1.29, 1.82) is 0 Å². The fourth-order valence-electron chi connectivity index (χ4n) is 1.49. The van der Waals surface area contributed by atoms with Crippen LogP contribution in [-0.2, 0) is 14.8 Å². The predicted molar refractivity (Wildman–Crippen MR) is 75.3 cm³/mol. The van der Waals surface area contributed by atoms with Crippen LogP contribution in [-0.4, -0.2) is 25.5 Å². The maximum atomic E-state index is 12.1. The van der Waals surface area contributed by atoms with Crippen molar-refractivity contribution in [2.45, 2.75) is 31.2 Å². The van der Waals surface area contributed by atoms with Crippen LogP contribution in [0.25, 0.3) is 0 Å². The fraction of sp³-hybridized carbons (Fsp3) is 0.417. The quantitative estimate of drug-likeness (QED) is 0.824. The highest BCUT2D eigenvalue weighted by molar-refractivity contribution is 9.10. The second kappa shape index (κ2) is 6.49. The molecule has 0 heterocycles. The number of hydrogen-bond donors (Lipinski definition) is 2. The van der Waals surface area contributed by atoms with E-state index in [9.17, 15) is 13.2 Å². The van der Waals surface area contributed by atoms with Crippen LogP contribution in [0.15, 0.2) is 33.6 Å². The van der Waals surface area contributed by atoms with Gasteiger partial charge in [-0.25, -0.2) is 8.42 Å². The van der Waals surface area contributed by atoms with Gasteiger partial charge in [0.2, 0.25) is 10.0 Å². The van der Waals surface area contributed by atoms with Crippen LogP contribution in [0, 0.1) is 5.92 Å². The Morgan fingerprint density at radius 1 is 1.37 bits per heavy atom. The third-order valence-electron chi connectivity index (χ3n) is 2.89. The zero-order chi connectivity index (χ0) is 14.6. The van der Waals surface area contributed by atoms with Gasteiger partial charge in [0.25, 0.3) is 0 Å². The number of carbonyl (C=O) groups is 1. The molecule has 19 heavy (non-hydrogen) atoms. The maximum Gasteiger partial charge on any atom is 0.322 e. The summed E-state index contributed by atoms with van der Waals surface area (Å²) in [4.78, 5) is 11.2. The van der Waals surface area contributed by atoms with E-state index in [0.29, 0.717) is 6.42 Å². The molecule has 2 N–H and O–H groups in total. The molecule has 0 radical (unpaired) electrons. The molecule has 2 atom stereocenters. The van der Waals surface area contributed by atoms with E-state index < -0.39 is 22.0 Å². The number of carboxylic acids is 1. The molecule has 0 saturated carbocycles. The predicted octanol–water partition coefficient (Wildman–Crippen LogP) is 2.23. The smallest absolute Gasteiger partial charge is 0.322 e. The zero-order valence-corrected chi connectivity index (χ0v) is 13.0. The summed E-state index contributed by atoms with van der Waals surface area (Å²) in [6.07, 6.45) is 0.569. The number of hydrogen-bond acceptors (Lipinski definition) is 3. The number of aliphatic carboxylic acids is 1. The molecule has 0 aromatic heterocycles. The first-order chi connectivity index (χ1) is 8.77. The van der Waals surface area contributed by atoms with Gasteiger partial charge in [-0.15, -0.1) is 0 Å². The summed E-state index contributed by atoms with van der Waals surface area (Å²) in [5.41, 5.74) is 0. The Morgan fingerprint density at radius 3 is 2.32 bits per heavy atom. The first-order valence-corrected chi connectivity index (χ1v) is 8.06. The molecule has 0 spiro atoms. The highest BCUT2D eigenvalue weighted by Crippen LogP contribution is 2.17. The molecular weight excluding hydrogens is 334 g/mol. The normalized spacial score (nSPS) is 14.9. The summed E-state index contributed by atoms with van der Waals surface area (Å²) in [6, 6.07) is 4.89. The summed E-state index contributed by atoms with van der Waals surface area (Å²) < 4.78 is 27.2. The van der Waals surface area contributed by atoms with Crippen molar-refractivity contribution in [2.75, 3.05) is 0 Å². The summed E-state index contributed by atoms with van der Waals surface area (Å²) in [5, 5.41) is 9.09. The minimum absolute atomic E-state index is 0.0465. The number of sulfonamides is 1. The number of carboxylic acid groups (broad SMARTS) is 1. The molecule has 0 aliphatic heterocycles. The molecule has 0 unspecified atom stereocenters. The second-order valence-electron chi connectivity index (χ2n) is 4.28. The lowest BCUT2D eigenvalue weighted by atomic mass is 10.0. The van der Waals surface area contributed by atoms with Crippen LogP contribution >= 0.6 is 15.9 Å². The van der Waals surface area contributed by atoms with E-state index in [1.807, 2.05) is 6.92 Å². The molecule has 1 aromatic carbocycles. The van der Waals surface area contributed by atoms with Crippen LogP contribution in [0.1, 0.15) is 20.3 Å². The molecule has 1 rings (SSSR count). The molecular formula is C12H16BrNO4S. The lowest BCUT2D eigenvalue weighted by Gasteiger charge is -2.20. The van der Waals surface area contributed by atoms with E-state index in [2.05, 4.69) is 20.7 Å². The topological polar surface area (TPSA) is 83.5 Å². The number of benzene rings is 1. The summed E-state index contributed by atoms with van der Waals surface area (Å²) in [7, 11) is -3.83. The summed E-state index contributed by atoms with van der Waals surface area (Å²) in [5.74, 6) is -1.46. The molecule has 0 aliphatic rings. The molecule has 0 aliphatic carbocycles. The van der Waals surface area contributed by atoms with Gasteiger partial charge in [-0.1, -0.05) is 36.2 Å². The Hall–Kier alpha value is -0.920. The van der Waals surface area contributed by atoms with Crippen LogP contribution in [0.5, 0.6) is 0 Å². The summed E-state index contributed by atoms with van der Waals surface area (Å²) >= 11 is 3.21. The molecule has 0 saturated heterocycles. The van der Waals surface area contributed by atoms with Gasteiger partial charge in [0, 0.05) is 4.47 Å². The van der Waals surface area contributed by atoms with Gasteiger partial charge in [-0.3, -0.25) is 4.79 Å². The van der Waals surface area contributed by atoms with Crippen LogP contribution in [0.3, 0.4) is 0 Å². The van der Waals surface area contributed by atoms with Crippen LogP contribution in [0.4, 0.5) is 0 Å². The number of nitrogens with one attached hydrogen (secondary N) is 1. The van der Waals surface area contributed by atoms with E-state index in [1.165, 1.54) is 12.1 Å². The highest BCUT2D eigenvalue weighted by atomic mass is 79.9. The van der Waals surface area contributed by atoms with Crippen molar-refractivity contribution in [3.8, 4) is 0 Å². The lowest BCUT2D eigenvalue weighted by molar-refractivity contribution is -0.140. The van der Waals surface area contributed by atoms with Gasteiger partial charge in [0.15, 0.2) is 0 Å². The van der Waals surface area contributed by atoms with Gasteiger partial charge in [0.1, 0.15) is 6.04 Å². The standard InChI is InChI=1S/C12H16BrNO4S/c1-3-8(2)11(12(15)16)14-19(17,18)10-6-4-9(13)5-7-10/h4-8,11,14H,3H2,1-2H3,(H,15,16)/t8-,11+/m1/s1. The largest absolute Gasteiger partial charge is 0.480 e. The van der Waals surface area contributed by atoms with E-state index in [4.69, 9.17) is 5.11 Å². The molecule has 5 nitrogen and oxygen atoms in total. The number of rotatable bonds is 6. The Bertz CT molecular complexity index is 541. The SMILES string of the molecule is CC[C@@H](C)[C@H](NS(=O)(=O)c1ccc(Br)cc1)C(=O)O. The van der Waals surface area contributed by atoms with Crippen molar-refractivity contribution in [3.63, 3.8) is 0 Å². The maximum absolute atomic E-state index is 12.1. The van der Waals surface area contributed by atoms with Crippen LogP contribution in [0.2, 0.25) is 0 Å².